The molecule has 0 saturated carbocycles. The van der Waals surface area contributed by atoms with Gasteiger partial charge < -0.3 is 9.72 Å². The van der Waals surface area contributed by atoms with Gasteiger partial charge in [-0.15, -0.1) is 0 Å². The lowest BCUT2D eigenvalue weighted by Crippen LogP contribution is -2.24. The number of esters is 1. The predicted octanol–water partition coefficient (Wildman–Crippen LogP) is 2.96. The van der Waals surface area contributed by atoms with Gasteiger partial charge in [-0.2, -0.15) is 0 Å². The van der Waals surface area contributed by atoms with Crippen LogP contribution in [0.4, 0.5) is 4.39 Å². The van der Waals surface area contributed by atoms with E-state index in [2.05, 4.69) is 9.72 Å². The third-order valence-electron chi connectivity index (χ3n) is 4.42. The van der Waals surface area contributed by atoms with Crippen LogP contribution < -0.4 is 5.43 Å². The molecular formula is C22H18FNO5. The second kappa shape index (κ2) is 8.60. The van der Waals surface area contributed by atoms with E-state index >= 15 is 0 Å². The Labute approximate surface area is 165 Å². The van der Waals surface area contributed by atoms with Crippen LogP contribution in [-0.2, 0) is 20.7 Å². The number of fused-ring (bicyclic) bond motifs is 1. The minimum atomic E-state index is -1.11. The number of H-pyrrole nitrogens is 1. The van der Waals surface area contributed by atoms with Crippen molar-refractivity contribution in [3.63, 3.8) is 0 Å². The number of Topliss-reactive ketones (excluding diaryl/α,β-unsaturated/α-hetero) is 2. The Hall–Kier alpha value is -3.61. The van der Waals surface area contributed by atoms with Gasteiger partial charge in [0.25, 0.3) is 0 Å². The molecule has 2 aromatic carbocycles. The molecule has 1 heterocycles. The summed E-state index contributed by atoms with van der Waals surface area (Å²) in [6, 6.07) is 11.4. The molecule has 0 unspecified atom stereocenters. The number of nitrogens with one attached hydrogen (secondary N) is 1. The molecule has 0 radical (unpaired) electrons. The first kappa shape index (κ1) is 20.1. The van der Waals surface area contributed by atoms with Crippen LogP contribution in [0.5, 0.6) is 0 Å². The summed E-state index contributed by atoms with van der Waals surface area (Å²) in [4.78, 5) is 51.1. The smallest absolute Gasteiger partial charge is 0.375 e. The average molecular weight is 395 g/mol. The molecule has 3 aromatic rings. The van der Waals surface area contributed by atoms with Crippen LogP contribution in [0.15, 0.2) is 53.5 Å². The van der Waals surface area contributed by atoms with Crippen LogP contribution in [0.3, 0.4) is 0 Å². The summed E-state index contributed by atoms with van der Waals surface area (Å²) in [6.07, 6.45) is 0.756. The van der Waals surface area contributed by atoms with E-state index in [0.29, 0.717) is 16.6 Å². The maximum Gasteiger partial charge on any atom is 0.375 e. The van der Waals surface area contributed by atoms with E-state index < -0.39 is 29.4 Å². The van der Waals surface area contributed by atoms with E-state index in [1.165, 1.54) is 12.3 Å². The highest BCUT2D eigenvalue weighted by atomic mass is 19.1. The number of benzene rings is 2. The molecule has 1 aromatic heterocycles. The maximum absolute atomic E-state index is 13.9. The molecule has 0 bridgehead atoms. The number of ether oxygens (including phenoxy) is 1. The number of ketones is 2. The van der Waals surface area contributed by atoms with E-state index in [1.807, 2.05) is 0 Å². The molecule has 148 valence electrons. The van der Waals surface area contributed by atoms with E-state index in [9.17, 15) is 23.6 Å². The van der Waals surface area contributed by atoms with Crippen molar-refractivity contribution >= 4 is 28.4 Å². The van der Waals surface area contributed by atoms with E-state index in [4.69, 9.17) is 0 Å². The Morgan fingerprint density at radius 3 is 2.59 bits per heavy atom. The van der Waals surface area contributed by atoms with Gasteiger partial charge in [0.2, 0.25) is 5.78 Å². The van der Waals surface area contributed by atoms with Gasteiger partial charge >= 0.3 is 5.97 Å². The first-order chi connectivity index (χ1) is 13.9. The fourth-order valence-corrected chi connectivity index (χ4v) is 2.97. The number of halogens is 1. The molecule has 7 heteroatoms. The highest BCUT2D eigenvalue weighted by molar-refractivity contribution is 6.38. The van der Waals surface area contributed by atoms with Crippen molar-refractivity contribution in [3.05, 3.63) is 81.4 Å². The molecule has 29 heavy (non-hydrogen) atoms. The Morgan fingerprint density at radius 1 is 1.10 bits per heavy atom. The summed E-state index contributed by atoms with van der Waals surface area (Å²) >= 11 is 0. The van der Waals surface area contributed by atoms with Crippen LogP contribution in [0.2, 0.25) is 0 Å². The number of aromatic amines is 1. The highest BCUT2D eigenvalue weighted by Gasteiger charge is 2.22. The normalized spacial score (nSPS) is 10.7. The third kappa shape index (κ3) is 4.45. The van der Waals surface area contributed by atoms with Crippen molar-refractivity contribution in [2.75, 3.05) is 6.61 Å². The largest absolute Gasteiger partial charge is 0.460 e. The van der Waals surface area contributed by atoms with E-state index in [0.717, 1.165) is 0 Å². The Bertz CT molecular complexity index is 1170. The average Bonchev–Trinajstić information content (AvgIpc) is 2.70. The number of rotatable bonds is 7. The first-order valence-corrected chi connectivity index (χ1v) is 9.01. The number of carbonyl (C=O) groups is 3. The van der Waals surface area contributed by atoms with E-state index in [-0.39, 0.29) is 29.8 Å². The lowest BCUT2D eigenvalue weighted by molar-refractivity contribution is -0.153. The minimum absolute atomic E-state index is 0.0140. The van der Waals surface area contributed by atoms with Crippen molar-refractivity contribution < 1.29 is 23.5 Å². The maximum atomic E-state index is 13.9. The lowest BCUT2D eigenvalue weighted by atomic mass is 10.0. The van der Waals surface area contributed by atoms with Gasteiger partial charge in [-0.25, -0.2) is 9.18 Å². The Balaban J connectivity index is 1.91. The van der Waals surface area contributed by atoms with Crippen LogP contribution in [-0.4, -0.2) is 29.1 Å². The van der Waals surface area contributed by atoms with Crippen LogP contribution in [0.1, 0.15) is 34.8 Å². The van der Waals surface area contributed by atoms with Gasteiger partial charge in [-0.05, 0) is 36.2 Å². The summed E-state index contributed by atoms with van der Waals surface area (Å²) in [5.74, 6) is -3.23. The quantitative estimate of drug-likeness (QED) is 0.287. The monoisotopic (exact) mass is 395 g/mol. The molecule has 0 aliphatic heterocycles. The molecule has 0 spiro atoms. The van der Waals surface area contributed by atoms with E-state index in [1.54, 1.807) is 43.3 Å². The SMILES string of the molecule is CCOC(=O)C(=O)CC(=O)c1c[nH]c2ccc(Cc3ccccc3F)cc2c1=O. The standard InChI is InChI=1S/C22H18FNO5/c1-2-29-22(28)20(26)11-19(25)16-12-24-18-8-7-13(10-15(18)21(16)27)9-14-5-3-4-6-17(14)23/h3-8,10,12H,2,9,11H2,1H3,(H,24,27). The molecule has 6 nitrogen and oxygen atoms in total. The van der Waals surface area contributed by atoms with Gasteiger partial charge in [-0.1, -0.05) is 24.3 Å². The van der Waals surface area contributed by atoms with Crippen LogP contribution >= 0.6 is 0 Å². The molecule has 0 fully saturated rings. The summed E-state index contributed by atoms with van der Waals surface area (Å²) < 4.78 is 18.5. The molecule has 0 amide bonds. The van der Waals surface area contributed by atoms with Gasteiger partial charge in [0, 0.05) is 23.5 Å². The zero-order chi connectivity index (χ0) is 21.0. The zero-order valence-electron chi connectivity index (χ0n) is 15.7. The first-order valence-electron chi connectivity index (χ1n) is 9.01. The summed E-state index contributed by atoms with van der Waals surface area (Å²) in [7, 11) is 0. The summed E-state index contributed by atoms with van der Waals surface area (Å²) in [6.45, 7) is 1.56. The van der Waals surface area contributed by atoms with Gasteiger partial charge in [-0.3, -0.25) is 14.4 Å². The van der Waals surface area contributed by atoms with Crippen molar-refractivity contribution in [1.29, 1.82) is 0 Å². The van der Waals surface area contributed by atoms with Crippen LogP contribution in [0, 0.1) is 5.82 Å². The van der Waals surface area contributed by atoms with Gasteiger partial charge in [0.05, 0.1) is 18.6 Å². The molecule has 3 rings (SSSR count). The Morgan fingerprint density at radius 2 is 1.86 bits per heavy atom. The second-order valence-electron chi connectivity index (χ2n) is 6.42. The number of aromatic nitrogens is 1. The number of carbonyl (C=O) groups excluding carboxylic acids is 3. The zero-order valence-corrected chi connectivity index (χ0v) is 15.7. The summed E-state index contributed by atoms with van der Waals surface area (Å²) in [5.41, 5.74) is 0.894. The molecular weight excluding hydrogens is 377 g/mol. The molecule has 0 atom stereocenters. The van der Waals surface area contributed by atoms with Gasteiger partial charge in [0.15, 0.2) is 11.2 Å². The molecule has 0 aliphatic carbocycles. The summed E-state index contributed by atoms with van der Waals surface area (Å²) in [5, 5.41) is 0.244. The molecule has 0 saturated heterocycles. The van der Waals surface area contributed by atoms with Crippen molar-refractivity contribution in [2.24, 2.45) is 0 Å². The Kier molecular flexibility index (Phi) is 5.97. The van der Waals surface area contributed by atoms with Crippen molar-refractivity contribution in [3.8, 4) is 0 Å². The number of hydrogen-bond acceptors (Lipinski definition) is 5. The molecule has 1 N–H and O–H groups in total. The minimum Gasteiger partial charge on any atom is -0.460 e. The second-order valence-corrected chi connectivity index (χ2v) is 6.42. The van der Waals surface area contributed by atoms with Crippen molar-refractivity contribution in [2.45, 2.75) is 19.8 Å². The van der Waals surface area contributed by atoms with Gasteiger partial charge in [0.1, 0.15) is 5.82 Å². The number of hydrogen-bond donors (Lipinski definition) is 1. The van der Waals surface area contributed by atoms with Crippen molar-refractivity contribution in [1.82, 2.24) is 4.98 Å². The fraction of sp³-hybridized carbons (Fsp3) is 0.182. The highest BCUT2D eigenvalue weighted by Crippen LogP contribution is 2.17. The third-order valence-corrected chi connectivity index (χ3v) is 4.42. The fourth-order valence-electron chi connectivity index (χ4n) is 2.97. The lowest BCUT2D eigenvalue weighted by Gasteiger charge is -2.07. The molecule has 0 aliphatic rings. The predicted molar refractivity (Wildman–Crippen MR) is 104 cm³/mol. The topological polar surface area (TPSA) is 93.3 Å². The number of pyridine rings is 1. The van der Waals surface area contributed by atoms with Crippen LogP contribution in [0.25, 0.3) is 10.9 Å².